The quantitative estimate of drug-likeness (QED) is 0.781. The number of halogens is 1. The van der Waals surface area contributed by atoms with E-state index in [9.17, 15) is 0 Å². The topological polar surface area (TPSA) is 12.0 Å². The first-order valence-corrected chi connectivity index (χ1v) is 6.83. The summed E-state index contributed by atoms with van der Waals surface area (Å²) in [5.74, 6) is 0.729. The second-order valence-electron chi connectivity index (χ2n) is 3.74. The smallest absolute Gasteiger partial charge is 0.0285 e. The summed E-state index contributed by atoms with van der Waals surface area (Å²) in [5.41, 5.74) is 0. The van der Waals surface area contributed by atoms with Crippen LogP contribution >= 0.6 is 27.3 Å². The van der Waals surface area contributed by atoms with Crippen LogP contribution in [0.5, 0.6) is 0 Å². The fraction of sp³-hybridized carbons (Fsp3) is 0.636. The third-order valence-corrected chi connectivity index (χ3v) is 3.81. The molecule has 0 bridgehead atoms. The third-order valence-electron chi connectivity index (χ3n) is 2.09. The lowest BCUT2D eigenvalue weighted by atomic mass is 10.1. The van der Waals surface area contributed by atoms with E-state index in [1.807, 2.05) is 11.3 Å². The van der Waals surface area contributed by atoms with Gasteiger partial charge < -0.3 is 5.32 Å². The summed E-state index contributed by atoms with van der Waals surface area (Å²) >= 11 is 5.32. The molecule has 1 heterocycles. The van der Waals surface area contributed by atoms with Gasteiger partial charge in [0.15, 0.2) is 0 Å². The largest absolute Gasteiger partial charge is 0.316 e. The van der Waals surface area contributed by atoms with Crippen molar-refractivity contribution in [2.45, 2.75) is 26.7 Å². The second kappa shape index (κ2) is 6.59. The van der Waals surface area contributed by atoms with Gasteiger partial charge in [0, 0.05) is 14.7 Å². The van der Waals surface area contributed by atoms with E-state index in [2.05, 4.69) is 46.5 Å². The normalized spacial score (nSPS) is 13.1. The minimum Gasteiger partial charge on any atom is -0.316 e. The molecule has 0 aliphatic carbocycles. The van der Waals surface area contributed by atoms with Gasteiger partial charge in [0.25, 0.3) is 0 Å². The van der Waals surface area contributed by atoms with Gasteiger partial charge in [0.2, 0.25) is 0 Å². The molecule has 80 valence electrons. The van der Waals surface area contributed by atoms with Crippen molar-refractivity contribution in [3.05, 3.63) is 20.8 Å². The van der Waals surface area contributed by atoms with Crippen molar-refractivity contribution >= 4 is 27.3 Å². The molecule has 0 saturated carbocycles. The minimum atomic E-state index is 0.729. The van der Waals surface area contributed by atoms with E-state index in [0.29, 0.717) is 0 Å². The van der Waals surface area contributed by atoms with Crippen molar-refractivity contribution in [2.75, 3.05) is 13.1 Å². The highest BCUT2D eigenvalue weighted by atomic mass is 79.9. The van der Waals surface area contributed by atoms with Crippen LogP contribution in [0.2, 0.25) is 0 Å². The molecule has 14 heavy (non-hydrogen) atoms. The molecule has 1 aromatic heterocycles. The summed E-state index contributed by atoms with van der Waals surface area (Å²) in [6.45, 7) is 6.77. The second-order valence-corrected chi connectivity index (χ2v) is 5.66. The molecule has 0 aromatic carbocycles. The van der Waals surface area contributed by atoms with Crippen molar-refractivity contribution in [2.24, 2.45) is 5.92 Å². The van der Waals surface area contributed by atoms with Crippen LogP contribution in [0.15, 0.2) is 15.9 Å². The van der Waals surface area contributed by atoms with Crippen LogP contribution in [-0.4, -0.2) is 13.1 Å². The molecular weight excluding hydrogens is 258 g/mol. The van der Waals surface area contributed by atoms with Gasteiger partial charge in [0.1, 0.15) is 0 Å². The molecule has 0 amide bonds. The van der Waals surface area contributed by atoms with Crippen LogP contribution in [-0.2, 0) is 6.42 Å². The predicted octanol–water partition coefficient (Wildman–Crippen LogP) is 3.69. The zero-order chi connectivity index (χ0) is 10.4. The Labute approximate surface area is 99.0 Å². The van der Waals surface area contributed by atoms with Crippen LogP contribution in [0.25, 0.3) is 0 Å². The van der Waals surface area contributed by atoms with Gasteiger partial charge in [-0.25, -0.2) is 0 Å². The van der Waals surface area contributed by atoms with Gasteiger partial charge in [-0.05, 0) is 53.8 Å². The van der Waals surface area contributed by atoms with Crippen molar-refractivity contribution < 1.29 is 0 Å². The molecule has 0 spiro atoms. The zero-order valence-electron chi connectivity index (χ0n) is 8.85. The predicted molar refractivity (Wildman–Crippen MR) is 68.0 cm³/mol. The Hall–Kier alpha value is 0.140. The van der Waals surface area contributed by atoms with E-state index >= 15 is 0 Å². The fourth-order valence-corrected chi connectivity index (χ4v) is 3.02. The molecule has 0 aliphatic heterocycles. The summed E-state index contributed by atoms with van der Waals surface area (Å²) in [5, 5.41) is 5.61. The van der Waals surface area contributed by atoms with E-state index in [1.165, 1.54) is 22.2 Å². The van der Waals surface area contributed by atoms with Gasteiger partial charge >= 0.3 is 0 Å². The molecule has 1 aromatic rings. The SMILES string of the molecule is CCCNCC(C)Cc1cc(Br)cs1. The van der Waals surface area contributed by atoms with Crippen molar-refractivity contribution in [3.8, 4) is 0 Å². The van der Waals surface area contributed by atoms with Gasteiger partial charge in [-0.3, -0.25) is 0 Å². The monoisotopic (exact) mass is 275 g/mol. The van der Waals surface area contributed by atoms with E-state index in [-0.39, 0.29) is 0 Å². The number of hydrogen-bond acceptors (Lipinski definition) is 2. The Bertz CT molecular complexity index is 260. The molecule has 1 N–H and O–H groups in total. The van der Waals surface area contributed by atoms with Crippen molar-refractivity contribution in [1.82, 2.24) is 5.32 Å². The Balaban J connectivity index is 2.23. The van der Waals surface area contributed by atoms with E-state index in [4.69, 9.17) is 0 Å². The molecule has 1 atom stereocenters. The van der Waals surface area contributed by atoms with E-state index in [1.54, 1.807) is 0 Å². The highest BCUT2D eigenvalue weighted by molar-refractivity contribution is 9.10. The maximum atomic E-state index is 3.48. The molecule has 0 radical (unpaired) electrons. The van der Waals surface area contributed by atoms with Crippen LogP contribution in [0, 0.1) is 5.92 Å². The first-order valence-electron chi connectivity index (χ1n) is 5.16. The van der Waals surface area contributed by atoms with Gasteiger partial charge in [0.05, 0.1) is 0 Å². The van der Waals surface area contributed by atoms with Crippen molar-refractivity contribution in [1.29, 1.82) is 0 Å². The van der Waals surface area contributed by atoms with Gasteiger partial charge in [-0.2, -0.15) is 0 Å². The summed E-state index contributed by atoms with van der Waals surface area (Å²) in [6.07, 6.45) is 2.41. The highest BCUT2D eigenvalue weighted by Crippen LogP contribution is 2.22. The molecule has 0 saturated heterocycles. The Morgan fingerprint density at radius 1 is 1.57 bits per heavy atom. The lowest BCUT2D eigenvalue weighted by Crippen LogP contribution is -2.22. The average Bonchev–Trinajstić information content (AvgIpc) is 2.52. The fourth-order valence-electron chi connectivity index (χ4n) is 1.40. The summed E-state index contributed by atoms with van der Waals surface area (Å²) in [4.78, 5) is 1.47. The Kier molecular flexibility index (Phi) is 5.75. The zero-order valence-corrected chi connectivity index (χ0v) is 11.2. The summed E-state index contributed by atoms with van der Waals surface area (Å²) in [7, 11) is 0. The summed E-state index contributed by atoms with van der Waals surface area (Å²) < 4.78 is 1.21. The number of hydrogen-bond donors (Lipinski definition) is 1. The lowest BCUT2D eigenvalue weighted by Gasteiger charge is -2.10. The first kappa shape index (κ1) is 12.2. The molecule has 1 nitrogen and oxygen atoms in total. The average molecular weight is 276 g/mol. The van der Waals surface area contributed by atoms with Crippen LogP contribution in [0.4, 0.5) is 0 Å². The molecule has 1 unspecified atom stereocenters. The number of nitrogens with one attached hydrogen (secondary N) is 1. The Morgan fingerprint density at radius 3 is 2.93 bits per heavy atom. The standard InChI is InChI=1S/C11H18BrNS/c1-3-4-13-7-9(2)5-11-6-10(12)8-14-11/h6,8-9,13H,3-5,7H2,1-2H3. The van der Waals surface area contributed by atoms with Gasteiger partial charge in [-0.1, -0.05) is 13.8 Å². The maximum Gasteiger partial charge on any atom is 0.0285 e. The number of rotatable bonds is 6. The van der Waals surface area contributed by atoms with E-state index < -0.39 is 0 Å². The Morgan fingerprint density at radius 2 is 2.36 bits per heavy atom. The molecular formula is C11H18BrNS. The molecule has 3 heteroatoms. The first-order chi connectivity index (χ1) is 6.72. The van der Waals surface area contributed by atoms with E-state index in [0.717, 1.165) is 19.0 Å². The minimum absolute atomic E-state index is 0.729. The molecule has 0 aliphatic rings. The number of thiophene rings is 1. The van der Waals surface area contributed by atoms with Crippen LogP contribution in [0.1, 0.15) is 25.1 Å². The highest BCUT2D eigenvalue weighted by Gasteiger charge is 2.04. The lowest BCUT2D eigenvalue weighted by molar-refractivity contribution is 0.513. The molecule has 1 rings (SSSR count). The van der Waals surface area contributed by atoms with Crippen molar-refractivity contribution in [3.63, 3.8) is 0 Å². The van der Waals surface area contributed by atoms with Crippen LogP contribution in [0.3, 0.4) is 0 Å². The van der Waals surface area contributed by atoms with Crippen LogP contribution < -0.4 is 5.32 Å². The van der Waals surface area contributed by atoms with Gasteiger partial charge in [-0.15, -0.1) is 11.3 Å². The third kappa shape index (κ3) is 4.58. The maximum absolute atomic E-state index is 3.48. The summed E-state index contributed by atoms with van der Waals surface area (Å²) in [6, 6.07) is 2.22. The molecule has 0 fully saturated rings.